The average molecular weight is 268 g/mol. The number of carbonyl (C=O) groups excluding carboxylic acids is 1. The summed E-state index contributed by atoms with van der Waals surface area (Å²) in [7, 11) is 0. The number of carbonyl (C=O) groups is 2. The highest BCUT2D eigenvalue weighted by molar-refractivity contribution is 5.93. The molecule has 1 amide bonds. The normalized spacial score (nSPS) is 19.4. The minimum Gasteiger partial charge on any atom is -0.481 e. The van der Waals surface area contributed by atoms with E-state index >= 15 is 0 Å². The molecule has 19 heavy (non-hydrogen) atoms. The van der Waals surface area contributed by atoms with Crippen LogP contribution in [0, 0.1) is 0 Å². The van der Waals surface area contributed by atoms with Gasteiger partial charge in [0.15, 0.2) is 12.1 Å². The van der Waals surface area contributed by atoms with Crippen molar-refractivity contribution in [2.75, 3.05) is 19.8 Å². The number of amides is 1. The van der Waals surface area contributed by atoms with Crippen LogP contribution in [-0.4, -0.2) is 52.7 Å². The van der Waals surface area contributed by atoms with E-state index in [0.717, 1.165) is 0 Å². The fourth-order valence-corrected chi connectivity index (χ4v) is 2.12. The molecule has 2 heterocycles. The predicted octanol–water partition coefficient (Wildman–Crippen LogP) is 0.553. The van der Waals surface area contributed by atoms with Crippen LogP contribution in [0.25, 0.3) is 0 Å². The molecule has 0 aromatic carbocycles. The molecule has 0 radical (unpaired) electrons. The van der Waals surface area contributed by atoms with Gasteiger partial charge in [0.05, 0.1) is 25.7 Å². The van der Waals surface area contributed by atoms with Gasteiger partial charge >= 0.3 is 5.97 Å². The van der Waals surface area contributed by atoms with Gasteiger partial charge < -0.3 is 19.2 Å². The summed E-state index contributed by atoms with van der Waals surface area (Å²) in [5.74, 6) is -0.727. The molecule has 1 aromatic heterocycles. The van der Waals surface area contributed by atoms with Gasteiger partial charge in [0.2, 0.25) is 0 Å². The number of morpholine rings is 1. The lowest BCUT2D eigenvalue weighted by Crippen LogP contribution is -2.49. The molecular weight excluding hydrogens is 252 g/mol. The summed E-state index contributed by atoms with van der Waals surface area (Å²) in [6.45, 7) is 2.87. The lowest BCUT2D eigenvalue weighted by atomic mass is 10.1. The molecule has 1 aliphatic rings. The Bertz CT molecular complexity index is 470. The van der Waals surface area contributed by atoms with Crippen LogP contribution in [0.15, 0.2) is 10.8 Å². The van der Waals surface area contributed by atoms with E-state index in [9.17, 15) is 9.59 Å². The predicted molar refractivity (Wildman–Crippen MR) is 63.8 cm³/mol. The van der Waals surface area contributed by atoms with Crippen molar-refractivity contribution in [1.82, 2.24) is 9.88 Å². The minimum atomic E-state index is -0.954. The van der Waals surface area contributed by atoms with E-state index in [1.807, 2.05) is 6.92 Å². The van der Waals surface area contributed by atoms with Crippen LogP contribution in [0.1, 0.15) is 29.6 Å². The number of rotatable bonds is 4. The van der Waals surface area contributed by atoms with Crippen LogP contribution >= 0.6 is 0 Å². The third kappa shape index (κ3) is 2.93. The quantitative estimate of drug-likeness (QED) is 0.857. The van der Waals surface area contributed by atoms with Crippen molar-refractivity contribution >= 4 is 11.9 Å². The number of aromatic nitrogens is 1. The first-order valence-corrected chi connectivity index (χ1v) is 6.16. The molecule has 0 aliphatic carbocycles. The number of hydrogen-bond acceptors (Lipinski definition) is 5. The highest BCUT2D eigenvalue weighted by atomic mass is 16.5. The Morgan fingerprint density at radius 2 is 2.37 bits per heavy atom. The standard InChI is InChI=1S/C12H16N2O5/c1-2-9-11(13-7-19-9)12(17)14-3-4-18-6-8(14)5-10(15)16/h7-8H,2-6H2,1H3,(H,15,16). The minimum absolute atomic E-state index is 0.134. The van der Waals surface area contributed by atoms with Crippen molar-refractivity contribution in [3.63, 3.8) is 0 Å². The second-order valence-corrected chi connectivity index (χ2v) is 4.30. The molecule has 1 saturated heterocycles. The van der Waals surface area contributed by atoms with Gasteiger partial charge in [-0.3, -0.25) is 9.59 Å². The molecule has 0 spiro atoms. The Morgan fingerprint density at radius 1 is 1.58 bits per heavy atom. The van der Waals surface area contributed by atoms with Crippen LogP contribution in [-0.2, 0) is 16.0 Å². The zero-order chi connectivity index (χ0) is 13.8. The second kappa shape index (κ2) is 5.83. The smallest absolute Gasteiger partial charge is 0.305 e. The Morgan fingerprint density at radius 3 is 3.05 bits per heavy atom. The topological polar surface area (TPSA) is 92.9 Å². The lowest BCUT2D eigenvalue weighted by Gasteiger charge is -2.34. The van der Waals surface area contributed by atoms with E-state index in [1.165, 1.54) is 11.3 Å². The molecule has 2 rings (SSSR count). The molecule has 1 atom stereocenters. The van der Waals surface area contributed by atoms with E-state index in [2.05, 4.69) is 4.98 Å². The van der Waals surface area contributed by atoms with Gasteiger partial charge in [-0.25, -0.2) is 4.98 Å². The van der Waals surface area contributed by atoms with Crippen LogP contribution < -0.4 is 0 Å². The summed E-state index contributed by atoms with van der Waals surface area (Å²) in [6, 6.07) is -0.458. The number of carboxylic acids is 1. The van der Waals surface area contributed by atoms with Gasteiger partial charge in [0, 0.05) is 13.0 Å². The van der Waals surface area contributed by atoms with Crippen molar-refractivity contribution in [3.8, 4) is 0 Å². The number of ether oxygens (including phenoxy) is 1. The van der Waals surface area contributed by atoms with E-state index in [-0.39, 0.29) is 24.6 Å². The Kier molecular flexibility index (Phi) is 4.16. The zero-order valence-electron chi connectivity index (χ0n) is 10.7. The Labute approximate surface area is 110 Å². The molecule has 104 valence electrons. The molecule has 1 aliphatic heterocycles. The summed E-state index contributed by atoms with van der Waals surface area (Å²) < 4.78 is 10.4. The van der Waals surface area contributed by atoms with E-state index in [0.29, 0.717) is 25.3 Å². The van der Waals surface area contributed by atoms with Gasteiger partial charge in [-0.15, -0.1) is 0 Å². The number of aliphatic carboxylic acids is 1. The number of oxazole rings is 1. The first kappa shape index (κ1) is 13.5. The van der Waals surface area contributed by atoms with Crippen molar-refractivity contribution in [1.29, 1.82) is 0 Å². The number of aryl methyl sites for hydroxylation is 1. The van der Waals surface area contributed by atoms with E-state index < -0.39 is 12.0 Å². The molecule has 1 N–H and O–H groups in total. The fraction of sp³-hybridized carbons (Fsp3) is 0.583. The Hall–Kier alpha value is -1.89. The first-order valence-electron chi connectivity index (χ1n) is 6.16. The van der Waals surface area contributed by atoms with E-state index in [1.54, 1.807) is 0 Å². The maximum Gasteiger partial charge on any atom is 0.305 e. The molecule has 7 nitrogen and oxygen atoms in total. The summed E-state index contributed by atoms with van der Waals surface area (Å²) in [6.07, 6.45) is 1.67. The van der Waals surface area contributed by atoms with E-state index in [4.69, 9.17) is 14.3 Å². The van der Waals surface area contributed by atoms with Crippen LogP contribution in [0.2, 0.25) is 0 Å². The molecule has 0 bridgehead atoms. The molecule has 1 aromatic rings. The van der Waals surface area contributed by atoms with Crippen LogP contribution in [0.3, 0.4) is 0 Å². The molecular formula is C12H16N2O5. The van der Waals surface area contributed by atoms with Crippen molar-refractivity contribution in [3.05, 3.63) is 17.8 Å². The maximum absolute atomic E-state index is 12.4. The highest BCUT2D eigenvalue weighted by Crippen LogP contribution is 2.17. The Balaban J connectivity index is 2.17. The summed E-state index contributed by atoms with van der Waals surface area (Å²) in [5, 5.41) is 8.87. The van der Waals surface area contributed by atoms with Gasteiger partial charge in [-0.2, -0.15) is 0 Å². The summed E-state index contributed by atoms with van der Waals surface area (Å²) in [4.78, 5) is 28.6. The third-order valence-electron chi connectivity index (χ3n) is 3.06. The van der Waals surface area contributed by atoms with Gasteiger partial charge in [-0.1, -0.05) is 6.92 Å². The monoisotopic (exact) mass is 268 g/mol. The zero-order valence-corrected chi connectivity index (χ0v) is 10.7. The molecule has 0 saturated carbocycles. The number of carboxylic acid groups (broad SMARTS) is 1. The van der Waals surface area contributed by atoms with Gasteiger partial charge in [-0.05, 0) is 0 Å². The van der Waals surface area contributed by atoms with Crippen molar-refractivity contribution in [2.24, 2.45) is 0 Å². The van der Waals surface area contributed by atoms with Crippen molar-refractivity contribution < 1.29 is 23.8 Å². The average Bonchev–Trinajstić information content (AvgIpc) is 2.86. The molecule has 1 unspecified atom stereocenters. The lowest BCUT2D eigenvalue weighted by molar-refractivity contribution is -0.139. The fourth-order valence-electron chi connectivity index (χ4n) is 2.12. The van der Waals surface area contributed by atoms with Gasteiger partial charge in [0.25, 0.3) is 5.91 Å². The molecule has 7 heteroatoms. The summed E-state index contributed by atoms with van der Waals surface area (Å²) in [5.41, 5.74) is 0.264. The SMILES string of the molecule is CCc1ocnc1C(=O)N1CCOCC1CC(=O)O. The molecule has 1 fully saturated rings. The largest absolute Gasteiger partial charge is 0.481 e. The first-order chi connectivity index (χ1) is 9.13. The second-order valence-electron chi connectivity index (χ2n) is 4.30. The van der Waals surface area contributed by atoms with Crippen molar-refractivity contribution in [2.45, 2.75) is 25.8 Å². The summed E-state index contributed by atoms with van der Waals surface area (Å²) >= 11 is 0. The van der Waals surface area contributed by atoms with Crippen LogP contribution in [0.4, 0.5) is 0 Å². The van der Waals surface area contributed by atoms with Gasteiger partial charge in [0.1, 0.15) is 5.76 Å². The number of hydrogen-bond donors (Lipinski definition) is 1. The maximum atomic E-state index is 12.4. The van der Waals surface area contributed by atoms with Crippen LogP contribution in [0.5, 0.6) is 0 Å². The number of nitrogens with zero attached hydrogens (tertiary/aromatic N) is 2. The third-order valence-corrected chi connectivity index (χ3v) is 3.06. The highest BCUT2D eigenvalue weighted by Gasteiger charge is 2.32.